The van der Waals surface area contributed by atoms with Crippen LogP contribution in [0, 0.1) is 0 Å². The van der Waals surface area contributed by atoms with Gasteiger partial charge >= 0.3 is 0 Å². The van der Waals surface area contributed by atoms with Gasteiger partial charge in [0, 0.05) is 6.20 Å². The Kier molecular flexibility index (Phi) is 2.83. The second-order valence-corrected chi connectivity index (χ2v) is 2.71. The molecular weight excluding hydrogens is 160 g/mol. The molecule has 3 heteroatoms. The Bertz CT molecular complexity index is 212. The summed E-state index contributed by atoms with van der Waals surface area (Å²) in [6.45, 7) is 0. The lowest BCUT2D eigenvalue weighted by Gasteiger charge is -2.11. The van der Waals surface area contributed by atoms with Crippen LogP contribution in [0.5, 0.6) is 0 Å². The zero-order valence-corrected chi connectivity index (χ0v) is 7.10. The third kappa shape index (κ3) is 1.69. The Labute approximate surface area is 72.4 Å². The Morgan fingerprint density at radius 2 is 2.00 bits per heavy atom. The zero-order chi connectivity index (χ0) is 6.81. The van der Waals surface area contributed by atoms with Gasteiger partial charge in [0.25, 0.3) is 0 Å². The molecule has 0 aliphatic heterocycles. The molecule has 0 amide bonds. The molecule has 0 saturated heterocycles. The van der Waals surface area contributed by atoms with E-state index >= 15 is 0 Å². The molecule has 0 aromatic carbocycles. The highest BCUT2D eigenvalue weighted by Crippen LogP contribution is 2.16. The first kappa shape index (κ1) is 8.47. The Morgan fingerprint density at radius 3 is 2.82 bits per heavy atom. The van der Waals surface area contributed by atoms with Gasteiger partial charge in [-0.3, -0.25) is 0 Å². The summed E-state index contributed by atoms with van der Waals surface area (Å²) in [5, 5.41) is 7.92. The number of fused-ring (bicyclic) bond motifs is 1. The average Bonchev–Trinajstić information content (AvgIpc) is 2.05. The van der Waals surface area contributed by atoms with Crippen LogP contribution in [0.3, 0.4) is 0 Å². The first-order chi connectivity index (χ1) is 4.97. The van der Waals surface area contributed by atoms with E-state index in [4.69, 9.17) is 0 Å². The second kappa shape index (κ2) is 3.67. The van der Waals surface area contributed by atoms with Gasteiger partial charge in [-0.2, -0.15) is 10.2 Å². The van der Waals surface area contributed by atoms with Gasteiger partial charge in [0.2, 0.25) is 0 Å². The number of halogens is 1. The molecule has 1 aromatic heterocycles. The number of rotatable bonds is 0. The lowest BCUT2D eigenvalue weighted by atomic mass is 9.97. The minimum atomic E-state index is 0. The van der Waals surface area contributed by atoms with Crippen LogP contribution in [0.15, 0.2) is 12.3 Å². The fraction of sp³-hybridized carbons (Fsp3) is 0.500. The molecule has 1 aromatic rings. The maximum absolute atomic E-state index is 4.07. The molecule has 0 radical (unpaired) electrons. The molecule has 0 atom stereocenters. The summed E-state index contributed by atoms with van der Waals surface area (Å²) in [5.41, 5.74) is 2.62. The molecule has 0 bridgehead atoms. The highest BCUT2D eigenvalue weighted by Gasteiger charge is 2.08. The Balaban J connectivity index is 0.000000605. The van der Waals surface area contributed by atoms with Crippen LogP contribution in [0.25, 0.3) is 0 Å². The largest absolute Gasteiger partial charge is 0.159 e. The summed E-state index contributed by atoms with van der Waals surface area (Å²) < 4.78 is 0. The Morgan fingerprint density at radius 1 is 1.18 bits per heavy atom. The van der Waals surface area contributed by atoms with Crippen LogP contribution in [-0.2, 0) is 12.8 Å². The lowest BCUT2D eigenvalue weighted by molar-refractivity contribution is 0.654. The summed E-state index contributed by atoms with van der Waals surface area (Å²) >= 11 is 0. The normalized spacial score (nSPS) is 14.9. The van der Waals surface area contributed by atoms with Crippen LogP contribution in [0.2, 0.25) is 0 Å². The topological polar surface area (TPSA) is 25.8 Å². The SMILES string of the molecule is Cl.c1cc2c(nn1)CCCC2. The summed E-state index contributed by atoms with van der Waals surface area (Å²) in [4.78, 5) is 0. The molecule has 0 saturated carbocycles. The molecule has 2 rings (SSSR count). The molecule has 0 spiro atoms. The lowest BCUT2D eigenvalue weighted by Crippen LogP contribution is -2.05. The molecule has 11 heavy (non-hydrogen) atoms. The van der Waals surface area contributed by atoms with E-state index in [1.807, 2.05) is 0 Å². The first-order valence-corrected chi connectivity index (χ1v) is 3.76. The van der Waals surface area contributed by atoms with Crippen molar-refractivity contribution < 1.29 is 0 Å². The molecular formula is C8H11ClN2. The summed E-state index contributed by atoms with van der Waals surface area (Å²) in [5.74, 6) is 0. The zero-order valence-electron chi connectivity index (χ0n) is 6.29. The van der Waals surface area contributed by atoms with E-state index in [1.54, 1.807) is 6.20 Å². The fourth-order valence-corrected chi connectivity index (χ4v) is 1.43. The van der Waals surface area contributed by atoms with E-state index in [-0.39, 0.29) is 12.4 Å². The highest BCUT2D eigenvalue weighted by molar-refractivity contribution is 5.85. The predicted octanol–water partition coefficient (Wildman–Crippen LogP) is 1.78. The van der Waals surface area contributed by atoms with Gasteiger partial charge in [0.15, 0.2) is 0 Å². The molecule has 60 valence electrons. The first-order valence-electron chi connectivity index (χ1n) is 3.76. The van der Waals surface area contributed by atoms with E-state index in [0.29, 0.717) is 0 Å². The van der Waals surface area contributed by atoms with Crippen LogP contribution in [0.4, 0.5) is 0 Å². The number of hydrogen-bond acceptors (Lipinski definition) is 2. The quantitative estimate of drug-likeness (QED) is 0.593. The van der Waals surface area contributed by atoms with Crippen molar-refractivity contribution in [2.24, 2.45) is 0 Å². The van der Waals surface area contributed by atoms with Crippen LogP contribution in [0.1, 0.15) is 24.1 Å². The second-order valence-electron chi connectivity index (χ2n) is 2.71. The summed E-state index contributed by atoms with van der Waals surface area (Å²) in [7, 11) is 0. The minimum absolute atomic E-state index is 0. The van der Waals surface area contributed by atoms with Crippen molar-refractivity contribution >= 4 is 12.4 Å². The van der Waals surface area contributed by atoms with E-state index in [0.717, 1.165) is 6.42 Å². The van der Waals surface area contributed by atoms with Gasteiger partial charge < -0.3 is 0 Å². The third-order valence-corrected chi connectivity index (χ3v) is 2.00. The van der Waals surface area contributed by atoms with Crippen molar-refractivity contribution in [3.05, 3.63) is 23.5 Å². The average molecular weight is 171 g/mol. The van der Waals surface area contributed by atoms with Crippen molar-refractivity contribution in [1.82, 2.24) is 10.2 Å². The van der Waals surface area contributed by atoms with E-state index in [9.17, 15) is 0 Å². The van der Waals surface area contributed by atoms with Gasteiger partial charge in [0.1, 0.15) is 0 Å². The third-order valence-electron chi connectivity index (χ3n) is 2.00. The van der Waals surface area contributed by atoms with Gasteiger partial charge in [0.05, 0.1) is 5.69 Å². The fourth-order valence-electron chi connectivity index (χ4n) is 1.43. The van der Waals surface area contributed by atoms with Crippen LogP contribution >= 0.6 is 12.4 Å². The van der Waals surface area contributed by atoms with Gasteiger partial charge in [-0.25, -0.2) is 0 Å². The standard InChI is InChI=1S/C8H10N2.ClH/c1-2-4-8-7(3-1)5-6-9-10-8;/h5-6H,1-4H2;1H. The summed E-state index contributed by atoms with van der Waals surface area (Å²) in [6.07, 6.45) is 6.71. The van der Waals surface area contributed by atoms with E-state index in [1.165, 1.54) is 30.5 Å². The molecule has 1 aliphatic rings. The molecule has 1 aliphatic carbocycles. The summed E-state index contributed by atoms with van der Waals surface area (Å²) in [6, 6.07) is 2.08. The molecule has 0 fully saturated rings. The van der Waals surface area contributed by atoms with Gasteiger partial charge in [-0.1, -0.05) is 0 Å². The van der Waals surface area contributed by atoms with Crippen molar-refractivity contribution in [2.75, 3.05) is 0 Å². The van der Waals surface area contributed by atoms with Gasteiger partial charge in [-0.05, 0) is 37.3 Å². The maximum atomic E-state index is 4.07. The van der Waals surface area contributed by atoms with Crippen LogP contribution < -0.4 is 0 Å². The highest BCUT2D eigenvalue weighted by atomic mass is 35.5. The number of nitrogens with zero attached hydrogens (tertiary/aromatic N) is 2. The van der Waals surface area contributed by atoms with E-state index < -0.39 is 0 Å². The molecule has 0 unspecified atom stereocenters. The van der Waals surface area contributed by atoms with Crippen molar-refractivity contribution in [3.8, 4) is 0 Å². The smallest absolute Gasteiger partial charge is 0.0663 e. The van der Waals surface area contributed by atoms with E-state index in [2.05, 4.69) is 16.3 Å². The van der Waals surface area contributed by atoms with Crippen molar-refractivity contribution in [1.29, 1.82) is 0 Å². The monoisotopic (exact) mass is 170 g/mol. The van der Waals surface area contributed by atoms with Crippen molar-refractivity contribution in [2.45, 2.75) is 25.7 Å². The van der Waals surface area contributed by atoms with Crippen LogP contribution in [-0.4, -0.2) is 10.2 Å². The molecule has 2 nitrogen and oxygen atoms in total. The molecule has 0 N–H and O–H groups in total. The maximum Gasteiger partial charge on any atom is 0.0663 e. The molecule has 1 heterocycles. The minimum Gasteiger partial charge on any atom is -0.159 e. The predicted molar refractivity (Wildman–Crippen MR) is 45.9 cm³/mol. The number of hydrogen-bond donors (Lipinski definition) is 0. The number of aromatic nitrogens is 2. The Hall–Kier alpha value is -0.630. The van der Waals surface area contributed by atoms with Crippen molar-refractivity contribution in [3.63, 3.8) is 0 Å². The van der Waals surface area contributed by atoms with Gasteiger partial charge in [-0.15, -0.1) is 12.4 Å². The number of aryl methyl sites for hydroxylation is 2.